The summed E-state index contributed by atoms with van der Waals surface area (Å²) in [6.45, 7) is 17.3. The Labute approximate surface area is 138 Å². The molecule has 0 rings (SSSR count). The first-order chi connectivity index (χ1) is 9.62. The topological polar surface area (TPSA) is 74.6 Å². The van der Waals surface area contributed by atoms with Crippen LogP contribution in [-0.2, 0) is 9.13 Å². The predicted octanol–water partition coefficient (Wildman–Crippen LogP) is 5.32. The van der Waals surface area contributed by atoms with Crippen LogP contribution in [-0.4, -0.2) is 22.1 Å². The number of rotatable bonds is 6. The zero-order valence-electron chi connectivity index (χ0n) is 15.6. The molecule has 0 aromatic heterocycles. The summed E-state index contributed by atoms with van der Waals surface area (Å²) in [6, 6.07) is 0. The Bertz CT molecular complexity index is 328. The highest BCUT2D eigenvalue weighted by Gasteiger charge is 2.28. The standard InChI is InChI=1S/C16H35O2P.HO2P/c1-13(9-15(3,4)5)11-19(17,18)12-14(2)10-16(6,7)8;1-3-2/h13-14H,9-12H2,1-8H3,(H,17,18);3H/p+1. The normalized spacial score (nSPS) is 18.1. The molecule has 0 saturated heterocycles. The van der Waals surface area contributed by atoms with E-state index in [1.54, 1.807) is 0 Å². The minimum Gasteiger partial charge on any atom is -0.344 e. The molecule has 0 aliphatic rings. The van der Waals surface area contributed by atoms with Crippen molar-refractivity contribution < 1.29 is 18.9 Å². The SMILES string of the molecule is CC(CC(C)(C)C)CP(=O)(O)CC(C)CC(C)(C)C.O=[PH+]O. The molecule has 22 heavy (non-hydrogen) atoms. The van der Waals surface area contributed by atoms with E-state index in [0.717, 1.165) is 12.8 Å². The van der Waals surface area contributed by atoms with Crippen LogP contribution in [0.2, 0.25) is 0 Å². The van der Waals surface area contributed by atoms with Crippen molar-refractivity contribution in [3.63, 3.8) is 0 Å². The Kier molecular flexibility index (Phi) is 11.3. The summed E-state index contributed by atoms with van der Waals surface area (Å²) in [5.74, 6) is 0.635. The minimum absolute atomic E-state index is 0.233. The summed E-state index contributed by atoms with van der Waals surface area (Å²) >= 11 is 0. The molecule has 0 saturated carbocycles. The molecule has 3 atom stereocenters. The molecule has 0 spiro atoms. The first kappa shape index (κ1) is 24.5. The quantitative estimate of drug-likeness (QED) is 0.632. The highest BCUT2D eigenvalue weighted by Crippen LogP contribution is 2.47. The first-order valence-corrected chi connectivity index (χ1v) is 10.8. The monoisotopic (exact) mass is 355 g/mol. The third-order valence-electron chi connectivity index (χ3n) is 3.12. The molecule has 0 fully saturated rings. The summed E-state index contributed by atoms with van der Waals surface area (Å²) < 4.78 is 20.9. The van der Waals surface area contributed by atoms with Crippen molar-refractivity contribution in [2.24, 2.45) is 22.7 Å². The lowest BCUT2D eigenvalue weighted by atomic mass is 9.86. The van der Waals surface area contributed by atoms with E-state index in [1.165, 1.54) is 0 Å². The van der Waals surface area contributed by atoms with Gasteiger partial charge in [0.25, 0.3) is 0 Å². The maximum atomic E-state index is 12.4. The van der Waals surface area contributed by atoms with Crippen LogP contribution in [0.4, 0.5) is 0 Å². The number of hydrogen-bond acceptors (Lipinski definition) is 2. The fraction of sp³-hybridized carbons (Fsp3) is 1.00. The van der Waals surface area contributed by atoms with Gasteiger partial charge in [-0.15, -0.1) is 0 Å². The molecule has 0 bridgehead atoms. The van der Waals surface area contributed by atoms with Gasteiger partial charge in [-0.2, -0.15) is 4.89 Å². The molecule has 0 aromatic rings. The van der Waals surface area contributed by atoms with E-state index in [9.17, 15) is 9.46 Å². The Morgan fingerprint density at radius 1 is 0.909 bits per heavy atom. The molecule has 0 heterocycles. The number of hydrogen-bond donors (Lipinski definition) is 2. The molecule has 134 valence electrons. The van der Waals surface area contributed by atoms with Gasteiger partial charge in [-0.25, -0.2) is 0 Å². The average Bonchev–Trinajstić information content (AvgIpc) is 2.07. The average molecular weight is 355 g/mol. The first-order valence-electron chi connectivity index (χ1n) is 7.94. The Balaban J connectivity index is 0. The molecular weight excluding hydrogens is 318 g/mol. The van der Waals surface area contributed by atoms with Gasteiger partial charge in [0.05, 0.1) is 0 Å². The molecule has 0 radical (unpaired) electrons. The molecule has 6 heteroatoms. The van der Waals surface area contributed by atoms with E-state index in [-0.39, 0.29) is 10.8 Å². The Morgan fingerprint density at radius 2 is 1.14 bits per heavy atom. The van der Waals surface area contributed by atoms with E-state index in [0.29, 0.717) is 24.2 Å². The molecule has 2 N–H and O–H groups in total. The van der Waals surface area contributed by atoms with Crippen molar-refractivity contribution in [1.82, 2.24) is 0 Å². The maximum Gasteiger partial charge on any atom is 0.491 e. The largest absolute Gasteiger partial charge is 0.491 e. The second kappa shape index (κ2) is 10.2. The Hall–Kier alpha value is 0.250. The molecule has 4 nitrogen and oxygen atoms in total. The lowest BCUT2D eigenvalue weighted by molar-refractivity contribution is 0.309. The van der Waals surface area contributed by atoms with Crippen molar-refractivity contribution in [2.75, 3.05) is 12.3 Å². The van der Waals surface area contributed by atoms with Crippen molar-refractivity contribution in [3.8, 4) is 0 Å². The highest BCUT2D eigenvalue weighted by atomic mass is 31.2. The van der Waals surface area contributed by atoms with Crippen LogP contribution in [0.3, 0.4) is 0 Å². The third-order valence-corrected chi connectivity index (χ3v) is 5.50. The zero-order valence-corrected chi connectivity index (χ0v) is 17.5. The summed E-state index contributed by atoms with van der Waals surface area (Å²) in [7, 11) is -4.14. The van der Waals surface area contributed by atoms with Gasteiger partial charge in [0.1, 0.15) is 0 Å². The van der Waals surface area contributed by atoms with Gasteiger partial charge >= 0.3 is 8.69 Å². The maximum absolute atomic E-state index is 12.4. The van der Waals surface area contributed by atoms with Crippen LogP contribution < -0.4 is 0 Å². The summed E-state index contributed by atoms with van der Waals surface area (Å²) in [6.07, 6.45) is 2.95. The zero-order chi connectivity index (χ0) is 18.2. The third kappa shape index (κ3) is 18.3. The fourth-order valence-electron chi connectivity index (χ4n) is 3.27. The van der Waals surface area contributed by atoms with Crippen LogP contribution in [0.1, 0.15) is 68.2 Å². The molecule has 0 aliphatic heterocycles. The second-order valence-electron chi connectivity index (χ2n) is 9.04. The van der Waals surface area contributed by atoms with E-state index < -0.39 is 16.1 Å². The highest BCUT2D eigenvalue weighted by molar-refractivity contribution is 7.58. The lowest BCUT2D eigenvalue weighted by Crippen LogP contribution is -2.18. The molecule has 0 aliphatic carbocycles. The van der Waals surface area contributed by atoms with Crippen molar-refractivity contribution >= 4 is 16.1 Å². The van der Waals surface area contributed by atoms with Gasteiger partial charge in [-0.05, 0) is 40.1 Å². The van der Waals surface area contributed by atoms with Crippen LogP contribution in [0.25, 0.3) is 0 Å². The van der Waals surface area contributed by atoms with E-state index in [4.69, 9.17) is 9.46 Å². The van der Waals surface area contributed by atoms with E-state index in [2.05, 4.69) is 55.4 Å². The molecule has 3 unspecified atom stereocenters. The Morgan fingerprint density at radius 3 is 1.32 bits per heavy atom. The van der Waals surface area contributed by atoms with E-state index in [1.807, 2.05) is 0 Å². The molecule has 0 amide bonds. The minimum atomic E-state index is -2.98. The van der Waals surface area contributed by atoms with Gasteiger partial charge in [-0.3, -0.25) is 4.57 Å². The van der Waals surface area contributed by atoms with Crippen LogP contribution in [0.15, 0.2) is 0 Å². The van der Waals surface area contributed by atoms with Gasteiger partial charge in [0.2, 0.25) is 7.37 Å². The van der Waals surface area contributed by atoms with Crippen LogP contribution >= 0.6 is 16.1 Å². The van der Waals surface area contributed by atoms with Gasteiger partial charge in [-0.1, -0.05) is 55.4 Å². The van der Waals surface area contributed by atoms with Crippen molar-refractivity contribution in [1.29, 1.82) is 0 Å². The second-order valence-corrected chi connectivity index (χ2v) is 11.6. The van der Waals surface area contributed by atoms with Crippen molar-refractivity contribution in [3.05, 3.63) is 0 Å². The van der Waals surface area contributed by atoms with Crippen molar-refractivity contribution in [2.45, 2.75) is 68.2 Å². The molecule has 0 aromatic carbocycles. The molecular formula is C16H37O4P2+. The predicted molar refractivity (Wildman–Crippen MR) is 97.3 cm³/mol. The van der Waals surface area contributed by atoms with Crippen LogP contribution in [0, 0.1) is 22.7 Å². The summed E-state index contributed by atoms with van der Waals surface area (Å²) in [5.41, 5.74) is 0.465. The smallest absolute Gasteiger partial charge is 0.344 e. The fourth-order valence-corrected chi connectivity index (χ4v) is 5.62. The van der Waals surface area contributed by atoms with Crippen LogP contribution in [0.5, 0.6) is 0 Å². The van der Waals surface area contributed by atoms with Gasteiger partial charge < -0.3 is 4.89 Å². The summed E-state index contributed by atoms with van der Waals surface area (Å²) in [5, 5.41) is 0. The van der Waals surface area contributed by atoms with Gasteiger partial charge in [0, 0.05) is 12.3 Å². The summed E-state index contributed by atoms with van der Waals surface area (Å²) in [4.78, 5) is 17.2. The van der Waals surface area contributed by atoms with Gasteiger partial charge in [0.15, 0.2) is 0 Å². The van der Waals surface area contributed by atoms with E-state index >= 15 is 0 Å². The lowest BCUT2D eigenvalue weighted by Gasteiger charge is -2.27.